The second kappa shape index (κ2) is 8.25. The van der Waals surface area contributed by atoms with Crippen LogP contribution in [0.4, 0.5) is 5.82 Å². The van der Waals surface area contributed by atoms with Gasteiger partial charge in [0.2, 0.25) is 0 Å². The fourth-order valence-electron chi connectivity index (χ4n) is 5.22. The number of nitrogens with zero attached hydrogens (tertiary/aromatic N) is 2. The van der Waals surface area contributed by atoms with Crippen LogP contribution >= 0.6 is 27.3 Å². The van der Waals surface area contributed by atoms with Gasteiger partial charge in [-0.25, -0.2) is 4.68 Å². The van der Waals surface area contributed by atoms with Gasteiger partial charge < -0.3 is 10.4 Å². The maximum absolute atomic E-state index is 13.7. The van der Waals surface area contributed by atoms with E-state index in [1.165, 1.54) is 4.88 Å². The van der Waals surface area contributed by atoms with Crippen molar-refractivity contribution in [3.05, 3.63) is 103 Å². The maximum Gasteiger partial charge on any atom is 0.162 e. The summed E-state index contributed by atoms with van der Waals surface area (Å²) in [6.45, 7) is 1.97. The lowest BCUT2D eigenvalue weighted by Gasteiger charge is -2.35. The minimum Gasteiger partial charge on any atom is -0.508 e. The normalized spacial score (nSPS) is 19.5. The second-order valence-corrected chi connectivity index (χ2v) is 10.7. The van der Waals surface area contributed by atoms with E-state index in [0.29, 0.717) is 12.0 Å². The zero-order chi connectivity index (χ0) is 23.4. The molecule has 0 spiro atoms. The lowest BCUT2D eigenvalue weighted by molar-refractivity contribution is -0.116. The van der Waals surface area contributed by atoms with Crippen molar-refractivity contribution in [2.75, 3.05) is 5.32 Å². The number of carbonyl (C=O) groups excluding carboxylic acids is 1. The van der Waals surface area contributed by atoms with Crippen LogP contribution in [0.25, 0.3) is 5.69 Å². The van der Waals surface area contributed by atoms with Crippen LogP contribution in [0.1, 0.15) is 46.4 Å². The standard InChI is InChI=1S/C27H22BrN3O2S/c1-15-24-25(19-14-17(28)9-10-21(19)32)26-20(12-16(13-22(26)33)23-8-5-11-34-23)29-27(24)31(30-15)18-6-3-2-4-7-18/h2-11,14,16,25,29,32H,12-13H2,1H3. The Bertz CT molecular complexity index is 1440. The van der Waals surface area contributed by atoms with Gasteiger partial charge >= 0.3 is 0 Å². The molecule has 2 N–H and O–H groups in total. The summed E-state index contributed by atoms with van der Waals surface area (Å²) in [4.78, 5) is 14.9. The summed E-state index contributed by atoms with van der Waals surface area (Å²) in [5.74, 6) is 0.901. The second-order valence-electron chi connectivity index (χ2n) is 8.79. The highest BCUT2D eigenvalue weighted by Gasteiger charge is 2.42. The number of anilines is 1. The third-order valence-electron chi connectivity index (χ3n) is 6.71. The molecule has 2 aromatic carbocycles. The number of halogens is 1. The molecule has 5 nitrogen and oxygen atoms in total. The molecule has 6 rings (SSSR count). The maximum atomic E-state index is 13.7. The van der Waals surface area contributed by atoms with E-state index in [1.807, 2.05) is 60.1 Å². The van der Waals surface area contributed by atoms with Gasteiger partial charge in [0.25, 0.3) is 0 Å². The lowest BCUT2D eigenvalue weighted by atomic mass is 9.73. The number of para-hydroxylation sites is 1. The molecule has 0 saturated heterocycles. The SMILES string of the molecule is Cc1nn(-c2ccccc2)c2c1C(c1cc(Br)ccc1O)C1=C(CC(c3cccs3)CC1=O)N2. The monoisotopic (exact) mass is 531 g/mol. The Balaban J connectivity index is 1.58. The van der Waals surface area contributed by atoms with E-state index in [2.05, 4.69) is 32.7 Å². The number of allylic oxidation sites excluding steroid dienone is 2. The van der Waals surface area contributed by atoms with Gasteiger partial charge in [-0.1, -0.05) is 40.2 Å². The van der Waals surface area contributed by atoms with Crippen molar-refractivity contribution in [3.8, 4) is 11.4 Å². The van der Waals surface area contributed by atoms with Crippen molar-refractivity contribution in [2.24, 2.45) is 0 Å². The molecule has 0 bridgehead atoms. The molecule has 0 saturated carbocycles. The summed E-state index contributed by atoms with van der Waals surface area (Å²) in [6.07, 6.45) is 1.21. The van der Waals surface area contributed by atoms with E-state index in [4.69, 9.17) is 5.10 Å². The summed E-state index contributed by atoms with van der Waals surface area (Å²) < 4.78 is 2.77. The first-order chi connectivity index (χ1) is 16.5. The van der Waals surface area contributed by atoms with Crippen LogP contribution in [0.3, 0.4) is 0 Å². The Morgan fingerprint density at radius 1 is 1.12 bits per heavy atom. The van der Waals surface area contributed by atoms with Crippen molar-refractivity contribution in [1.82, 2.24) is 9.78 Å². The number of hydrogen-bond donors (Lipinski definition) is 2. The van der Waals surface area contributed by atoms with E-state index >= 15 is 0 Å². The number of rotatable bonds is 3. The highest BCUT2D eigenvalue weighted by molar-refractivity contribution is 9.10. The third kappa shape index (κ3) is 3.42. The molecule has 1 aliphatic heterocycles. The largest absolute Gasteiger partial charge is 0.508 e. The molecule has 2 unspecified atom stereocenters. The molecule has 0 amide bonds. The number of thiophene rings is 1. The molecule has 1 aliphatic carbocycles. The van der Waals surface area contributed by atoms with Crippen LogP contribution in [0.15, 0.2) is 81.8 Å². The molecule has 34 heavy (non-hydrogen) atoms. The number of hydrogen-bond acceptors (Lipinski definition) is 5. The molecule has 0 fully saturated rings. The number of ketones is 1. The average molecular weight is 532 g/mol. The van der Waals surface area contributed by atoms with Crippen LogP contribution < -0.4 is 5.32 Å². The zero-order valence-corrected chi connectivity index (χ0v) is 20.9. The topological polar surface area (TPSA) is 67.1 Å². The lowest BCUT2D eigenvalue weighted by Crippen LogP contribution is -2.30. The summed E-state index contributed by atoms with van der Waals surface area (Å²) in [5, 5.41) is 21.4. The van der Waals surface area contributed by atoms with E-state index in [-0.39, 0.29) is 17.5 Å². The van der Waals surface area contributed by atoms with Gasteiger partial charge in [-0.3, -0.25) is 4.79 Å². The van der Waals surface area contributed by atoms with E-state index < -0.39 is 5.92 Å². The number of benzene rings is 2. The molecule has 2 atom stereocenters. The molecule has 3 heterocycles. The summed E-state index contributed by atoms with van der Waals surface area (Å²) in [7, 11) is 0. The van der Waals surface area contributed by atoms with Gasteiger partial charge in [0, 0.05) is 50.0 Å². The molecular weight excluding hydrogens is 510 g/mol. The fraction of sp³-hybridized carbons (Fsp3) is 0.185. The van der Waals surface area contributed by atoms with Crippen molar-refractivity contribution in [2.45, 2.75) is 31.6 Å². The van der Waals surface area contributed by atoms with Crippen LogP contribution in [-0.4, -0.2) is 20.7 Å². The summed E-state index contributed by atoms with van der Waals surface area (Å²) in [6, 6.07) is 19.5. The highest BCUT2D eigenvalue weighted by atomic mass is 79.9. The van der Waals surface area contributed by atoms with Crippen molar-refractivity contribution in [3.63, 3.8) is 0 Å². The van der Waals surface area contributed by atoms with Gasteiger partial charge in [0.05, 0.1) is 11.4 Å². The zero-order valence-electron chi connectivity index (χ0n) is 18.5. The van der Waals surface area contributed by atoms with Crippen LogP contribution in [0.2, 0.25) is 0 Å². The number of nitrogens with one attached hydrogen (secondary N) is 1. The predicted molar refractivity (Wildman–Crippen MR) is 138 cm³/mol. The van der Waals surface area contributed by atoms with E-state index in [9.17, 15) is 9.90 Å². The minimum absolute atomic E-state index is 0.119. The van der Waals surface area contributed by atoms with Gasteiger partial charge in [0.15, 0.2) is 5.78 Å². The number of Topliss-reactive ketones (excluding diaryl/α,β-unsaturated/α-hetero) is 1. The highest BCUT2D eigenvalue weighted by Crippen LogP contribution is 2.51. The Morgan fingerprint density at radius 3 is 2.71 bits per heavy atom. The van der Waals surface area contributed by atoms with Crippen LogP contribution in [-0.2, 0) is 4.79 Å². The summed E-state index contributed by atoms with van der Waals surface area (Å²) >= 11 is 5.25. The average Bonchev–Trinajstić information content (AvgIpc) is 3.49. The molecule has 2 aliphatic rings. The van der Waals surface area contributed by atoms with Crippen molar-refractivity contribution >= 4 is 38.9 Å². The quantitative estimate of drug-likeness (QED) is 0.309. The van der Waals surface area contributed by atoms with Crippen molar-refractivity contribution < 1.29 is 9.90 Å². The number of carbonyl (C=O) groups is 1. The Labute approximate surface area is 209 Å². The van der Waals surface area contributed by atoms with Gasteiger partial charge in [-0.2, -0.15) is 5.10 Å². The molecule has 0 radical (unpaired) electrons. The number of aromatic nitrogens is 2. The van der Waals surface area contributed by atoms with Crippen molar-refractivity contribution in [1.29, 1.82) is 0 Å². The number of aromatic hydroxyl groups is 1. The van der Waals surface area contributed by atoms with Gasteiger partial charge in [0.1, 0.15) is 11.6 Å². The Hall–Kier alpha value is -3.16. The number of aryl methyl sites for hydroxylation is 1. The van der Waals surface area contributed by atoms with Gasteiger partial charge in [-0.05, 0) is 55.1 Å². The smallest absolute Gasteiger partial charge is 0.162 e. The number of phenols is 1. The molecule has 7 heteroatoms. The molecule has 4 aromatic rings. The van der Waals surface area contributed by atoms with Crippen LogP contribution in [0, 0.1) is 6.92 Å². The first-order valence-electron chi connectivity index (χ1n) is 11.2. The minimum atomic E-state index is -0.391. The molecule has 170 valence electrons. The fourth-order valence-corrected chi connectivity index (χ4v) is 6.43. The number of phenolic OH excluding ortho intramolecular Hbond substituents is 1. The predicted octanol–water partition coefficient (Wildman–Crippen LogP) is 6.67. The van der Waals surface area contributed by atoms with Crippen LogP contribution in [0.5, 0.6) is 5.75 Å². The number of fused-ring (bicyclic) bond motifs is 1. The molecular formula is C27H22BrN3O2S. The molecule has 2 aromatic heterocycles. The third-order valence-corrected chi connectivity index (χ3v) is 8.24. The van der Waals surface area contributed by atoms with Gasteiger partial charge in [-0.15, -0.1) is 11.3 Å². The first-order valence-corrected chi connectivity index (χ1v) is 12.9. The van der Waals surface area contributed by atoms with E-state index in [1.54, 1.807) is 17.4 Å². The summed E-state index contributed by atoms with van der Waals surface area (Å²) in [5.41, 5.74) is 5.07. The Morgan fingerprint density at radius 2 is 1.94 bits per heavy atom. The van der Waals surface area contributed by atoms with E-state index in [0.717, 1.165) is 44.9 Å². The Kier molecular flexibility index (Phi) is 5.19. The first kappa shape index (κ1) is 21.4.